The van der Waals surface area contributed by atoms with Crippen LogP contribution in [-0.2, 0) is 10.4 Å². The quantitative estimate of drug-likeness (QED) is 0.430. The van der Waals surface area contributed by atoms with E-state index in [9.17, 15) is 8.42 Å². The largest absolute Gasteiger partial charge is 0.870 e. The average Bonchev–Trinajstić information content (AvgIpc) is 2.75. The first kappa shape index (κ1) is 15.2. The molecule has 1 aliphatic heterocycles. The molecule has 2 heterocycles. The van der Waals surface area contributed by atoms with Crippen LogP contribution in [0, 0.1) is 0 Å². The highest BCUT2D eigenvalue weighted by Crippen LogP contribution is 2.19. The van der Waals surface area contributed by atoms with Gasteiger partial charge in [0.25, 0.3) is 0 Å². The van der Waals surface area contributed by atoms with Gasteiger partial charge in [-0.1, -0.05) is 4.98 Å². The summed E-state index contributed by atoms with van der Waals surface area (Å²) in [5.74, 6) is 0.231. The third-order valence-electron chi connectivity index (χ3n) is 2.55. The van der Waals surface area contributed by atoms with Crippen molar-refractivity contribution in [2.24, 2.45) is 0 Å². The van der Waals surface area contributed by atoms with E-state index >= 15 is 0 Å². The number of nitrogens with two attached hydrogens (primary N) is 2. The lowest BCUT2D eigenvalue weighted by molar-refractivity contribution is -0.835. The zero-order chi connectivity index (χ0) is 13.3. The first-order valence-corrected chi connectivity index (χ1v) is 6.64. The van der Waals surface area contributed by atoms with Crippen LogP contribution in [0.25, 0.3) is 0 Å². The Labute approximate surface area is 109 Å². The van der Waals surface area contributed by atoms with Crippen molar-refractivity contribution >= 4 is 28.0 Å². The van der Waals surface area contributed by atoms with Crippen LogP contribution in [0.15, 0.2) is 6.07 Å². The summed E-state index contributed by atoms with van der Waals surface area (Å²) < 4.78 is 34.5. The van der Waals surface area contributed by atoms with E-state index in [1.165, 1.54) is 6.07 Å². The van der Waals surface area contributed by atoms with E-state index in [0.29, 0.717) is 10.5 Å². The molecule has 2 rings (SSSR count). The summed E-state index contributed by atoms with van der Waals surface area (Å²) in [6, 6.07) is 1.44. The Morgan fingerprint density at radius 3 is 2.42 bits per heavy atom. The van der Waals surface area contributed by atoms with Crippen LogP contribution < -0.4 is 25.4 Å². The van der Waals surface area contributed by atoms with Crippen LogP contribution in [-0.4, -0.2) is 36.5 Å². The molecule has 0 unspecified atom stereocenters. The van der Waals surface area contributed by atoms with Gasteiger partial charge in [0, 0.05) is 13.1 Å². The molecule has 0 atom stereocenters. The van der Waals surface area contributed by atoms with Gasteiger partial charge in [0.2, 0.25) is 5.82 Å². The maximum Gasteiger partial charge on any atom is 0.474 e. The Morgan fingerprint density at radius 2 is 1.95 bits per heavy atom. The number of aromatic nitrogens is 2. The van der Waals surface area contributed by atoms with Gasteiger partial charge in [0.1, 0.15) is 0 Å². The molecule has 0 radical (unpaired) electrons. The molecule has 11 heteroatoms. The number of nitrogen functional groups attached to an aromatic ring is 2. The normalized spacial score (nSPS) is 15.1. The van der Waals surface area contributed by atoms with Crippen molar-refractivity contribution in [3.8, 4) is 0 Å². The lowest BCUT2D eigenvalue weighted by Gasteiger charge is -2.15. The molecule has 19 heavy (non-hydrogen) atoms. The lowest BCUT2D eigenvalue weighted by atomic mass is 10.4. The van der Waals surface area contributed by atoms with Crippen molar-refractivity contribution in [2.45, 2.75) is 12.8 Å². The minimum Gasteiger partial charge on any atom is -0.870 e. The number of nitrogens with zero attached hydrogens (tertiary/aromatic N) is 3. The predicted molar refractivity (Wildman–Crippen MR) is 64.8 cm³/mol. The number of hydrogen-bond donors (Lipinski definition) is 3. The van der Waals surface area contributed by atoms with Crippen LogP contribution in [0.2, 0.25) is 0 Å². The second-order valence-electron chi connectivity index (χ2n) is 3.89. The Bertz CT molecular complexity index is 534. The van der Waals surface area contributed by atoms with Crippen molar-refractivity contribution in [3.05, 3.63) is 6.07 Å². The fourth-order valence-electron chi connectivity index (χ4n) is 1.80. The fourth-order valence-corrected chi connectivity index (χ4v) is 2.15. The van der Waals surface area contributed by atoms with E-state index < -0.39 is 10.4 Å². The van der Waals surface area contributed by atoms with Crippen molar-refractivity contribution in [1.82, 2.24) is 4.98 Å². The van der Waals surface area contributed by atoms with Crippen molar-refractivity contribution in [2.75, 3.05) is 29.5 Å². The Hall–Kier alpha value is -1.85. The molecular formula is C8H15N5O5S. The maximum absolute atomic E-state index is 10.6. The van der Waals surface area contributed by atoms with Gasteiger partial charge in [-0.25, -0.2) is 4.28 Å². The molecule has 0 saturated carbocycles. The van der Waals surface area contributed by atoms with E-state index in [0.717, 1.165) is 25.9 Å². The summed E-state index contributed by atoms with van der Waals surface area (Å²) in [4.78, 5) is 5.96. The van der Waals surface area contributed by atoms with Gasteiger partial charge in [-0.15, -0.1) is 0 Å². The molecule has 1 fully saturated rings. The van der Waals surface area contributed by atoms with Crippen molar-refractivity contribution < 1.29 is 27.5 Å². The van der Waals surface area contributed by atoms with E-state index in [-0.39, 0.29) is 17.2 Å². The molecule has 0 spiro atoms. The summed E-state index contributed by atoms with van der Waals surface area (Å²) in [5, 5.41) is 0. The molecule has 1 saturated heterocycles. The summed E-state index contributed by atoms with van der Waals surface area (Å²) in [5.41, 5.74) is 11.2. The molecule has 0 amide bonds. The minimum atomic E-state index is -4.70. The first-order valence-electron chi connectivity index (χ1n) is 5.27. The van der Waals surface area contributed by atoms with E-state index in [1.54, 1.807) is 0 Å². The Balaban J connectivity index is 0.00000180. The number of anilines is 3. The van der Waals surface area contributed by atoms with Gasteiger partial charge in [0.15, 0.2) is 5.82 Å². The molecular weight excluding hydrogens is 278 g/mol. The van der Waals surface area contributed by atoms with Gasteiger partial charge in [-0.2, -0.15) is 8.42 Å². The molecule has 10 nitrogen and oxygen atoms in total. The smallest absolute Gasteiger partial charge is 0.474 e. The van der Waals surface area contributed by atoms with Gasteiger partial charge >= 0.3 is 16.3 Å². The van der Waals surface area contributed by atoms with Gasteiger partial charge < -0.3 is 21.8 Å². The maximum atomic E-state index is 10.6. The molecule has 1 aromatic heterocycles. The van der Waals surface area contributed by atoms with Crippen LogP contribution in [0.1, 0.15) is 12.8 Å². The minimum absolute atomic E-state index is 0. The third kappa shape index (κ3) is 3.56. The summed E-state index contributed by atoms with van der Waals surface area (Å²) in [6.45, 7) is 1.68. The fraction of sp³-hybridized carbons (Fsp3) is 0.500. The molecule has 6 N–H and O–H groups in total. The number of rotatable bonds is 3. The topological polar surface area (TPSA) is 166 Å². The van der Waals surface area contributed by atoms with E-state index in [1.807, 2.05) is 4.90 Å². The molecule has 0 aromatic carbocycles. The second-order valence-corrected chi connectivity index (χ2v) is 4.89. The zero-order valence-electron chi connectivity index (χ0n) is 9.93. The standard InChI is InChI=1S/C8H13N5O4S.H2O/c9-6-5-7(12-3-1-2-4-12)11-8(10)13(6)17-18(14,15)16;/h5H,1-4H2,(H4,9,10,11,14,15,16);1H2. The van der Waals surface area contributed by atoms with Crippen molar-refractivity contribution in [1.29, 1.82) is 0 Å². The molecule has 0 aliphatic carbocycles. The van der Waals surface area contributed by atoms with Crippen LogP contribution in [0.4, 0.5) is 17.6 Å². The summed E-state index contributed by atoms with van der Waals surface area (Å²) >= 11 is 0. The van der Waals surface area contributed by atoms with Crippen LogP contribution in [0.3, 0.4) is 0 Å². The Kier molecular flexibility index (Phi) is 4.34. The highest BCUT2D eigenvalue weighted by atomic mass is 32.3. The molecule has 1 aromatic rings. The first-order chi connectivity index (χ1) is 8.37. The highest BCUT2D eigenvalue weighted by Gasteiger charge is 2.23. The predicted octanol–water partition coefficient (Wildman–Crippen LogP) is -1.81. The summed E-state index contributed by atoms with van der Waals surface area (Å²) in [7, 11) is -4.70. The second kappa shape index (κ2) is 5.42. The lowest BCUT2D eigenvalue weighted by Crippen LogP contribution is -2.50. The average molecular weight is 293 g/mol. The Morgan fingerprint density at radius 1 is 1.37 bits per heavy atom. The highest BCUT2D eigenvalue weighted by molar-refractivity contribution is 7.80. The van der Waals surface area contributed by atoms with Crippen LogP contribution in [0.5, 0.6) is 0 Å². The molecule has 0 bridgehead atoms. The monoisotopic (exact) mass is 293 g/mol. The van der Waals surface area contributed by atoms with E-state index in [2.05, 4.69) is 9.27 Å². The molecule has 1 aliphatic rings. The van der Waals surface area contributed by atoms with Gasteiger partial charge in [0.05, 0.1) is 6.07 Å². The molecule has 108 valence electrons. The van der Waals surface area contributed by atoms with Gasteiger partial charge in [-0.05, 0) is 17.6 Å². The van der Waals surface area contributed by atoms with Gasteiger partial charge in [-0.3, -0.25) is 4.55 Å². The number of hydrogen-bond acceptors (Lipinski definition) is 8. The third-order valence-corrected chi connectivity index (χ3v) is 2.88. The van der Waals surface area contributed by atoms with Crippen LogP contribution >= 0.6 is 0 Å². The summed E-state index contributed by atoms with van der Waals surface area (Å²) in [6.07, 6.45) is 2.11. The SMILES string of the molecule is Nc1cc(N2CCCC2)nc(N)[n+]1OS(=O)(=O)O.[OH-]. The van der Waals surface area contributed by atoms with Crippen molar-refractivity contribution in [3.63, 3.8) is 0 Å². The zero-order valence-corrected chi connectivity index (χ0v) is 10.7. The van der Waals surface area contributed by atoms with E-state index in [4.69, 9.17) is 16.0 Å².